The molecule has 3 aliphatic carbocycles. The number of para-hydroxylation sites is 2. The van der Waals surface area contributed by atoms with Gasteiger partial charge in [0.05, 0.1) is 10.8 Å². The van der Waals surface area contributed by atoms with Gasteiger partial charge in [0.2, 0.25) is 0 Å². The highest BCUT2D eigenvalue weighted by Gasteiger charge is 2.53. The largest absolute Gasteiger partial charge is 0.457 e. The fraction of sp³-hybridized carbons (Fsp3) is 0.0294. The standard InChI is InChI=1S/C68H43NO/c1-2-17-44(18-3-1)46-19-16-20-49(41-46)69(50-38-40-56-54-24-7-11-28-60(54)68(64(56)43-50)61-29-12-14-31-65(61)70-66-32-15-13-30-62(66)68)48-36-33-45(34-37-48)47-35-39-55-53-23-6-10-27-59(53)67(63(55)42-47)57-25-8-4-21-51(57)52-22-5-9-26-58(52)67/h1-43H. The average molecular weight is 890 g/mol. The molecule has 4 aliphatic rings. The van der Waals surface area contributed by atoms with Gasteiger partial charge in [-0.05, 0) is 144 Å². The van der Waals surface area contributed by atoms with Crippen molar-refractivity contribution in [3.05, 3.63) is 305 Å². The fourth-order valence-electron chi connectivity index (χ4n) is 13.0. The first kappa shape index (κ1) is 39.1. The Bertz CT molecular complexity index is 3830. The van der Waals surface area contributed by atoms with Crippen LogP contribution in [0.4, 0.5) is 17.1 Å². The Morgan fingerprint density at radius 3 is 1.17 bits per heavy atom. The van der Waals surface area contributed by atoms with E-state index in [1.807, 2.05) is 0 Å². The number of anilines is 3. The molecule has 2 heteroatoms. The van der Waals surface area contributed by atoms with Crippen molar-refractivity contribution in [2.45, 2.75) is 10.8 Å². The molecular weight excluding hydrogens is 847 g/mol. The minimum Gasteiger partial charge on any atom is -0.457 e. The lowest BCUT2D eigenvalue weighted by molar-refractivity contribution is 0.436. The van der Waals surface area contributed by atoms with Crippen LogP contribution < -0.4 is 9.64 Å². The molecule has 326 valence electrons. The lowest BCUT2D eigenvalue weighted by Gasteiger charge is -2.39. The summed E-state index contributed by atoms with van der Waals surface area (Å²) in [4.78, 5) is 2.44. The van der Waals surface area contributed by atoms with Crippen LogP contribution in [0.25, 0.3) is 55.6 Å². The second-order valence-electron chi connectivity index (χ2n) is 19.1. The van der Waals surface area contributed by atoms with E-state index in [4.69, 9.17) is 4.74 Å². The molecule has 2 nitrogen and oxygen atoms in total. The molecule has 0 unspecified atom stereocenters. The summed E-state index contributed by atoms with van der Waals surface area (Å²) in [5, 5.41) is 0. The van der Waals surface area contributed by atoms with Crippen LogP contribution in [0.15, 0.2) is 261 Å². The van der Waals surface area contributed by atoms with Crippen molar-refractivity contribution in [1.82, 2.24) is 0 Å². The average Bonchev–Trinajstić information content (AvgIpc) is 4.02. The van der Waals surface area contributed by atoms with E-state index in [1.165, 1.54) is 89.0 Å². The van der Waals surface area contributed by atoms with E-state index in [-0.39, 0.29) is 0 Å². The molecule has 0 aromatic heterocycles. The van der Waals surface area contributed by atoms with E-state index < -0.39 is 10.8 Å². The Morgan fingerprint density at radius 1 is 0.229 bits per heavy atom. The van der Waals surface area contributed by atoms with Gasteiger partial charge in [-0.1, -0.05) is 206 Å². The van der Waals surface area contributed by atoms with Gasteiger partial charge in [0, 0.05) is 28.2 Å². The predicted octanol–water partition coefficient (Wildman–Crippen LogP) is 17.3. The number of hydrogen-bond acceptors (Lipinski definition) is 2. The molecule has 1 heterocycles. The molecule has 0 fully saturated rings. The second-order valence-corrected chi connectivity index (χ2v) is 19.1. The van der Waals surface area contributed by atoms with Gasteiger partial charge in [0.15, 0.2) is 0 Å². The summed E-state index contributed by atoms with van der Waals surface area (Å²) in [7, 11) is 0. The molecule has 0 radical (unpaired) electrons. The van der Waals surface area contributed by atoms with Gasteiger partial charge < -0.3 is 9.64 Å². The van der Waals surface area contributed by atoms with Gasteiger partial charge in [-0.25, -0.2) is 0 Å². The van der Waals surface area contributed by atoms with E-state index in [0.29, 0.717) is 0 Å². The van der Waals surface area contributed by atoms with Gasteiger partial charge in [0.25, 0.3) is 0 Å². The topological polar surface area (TPSA) is 12.5 Å². The summed E-state index contributed by atoms with van der Waals surface area (Å²) in [6.07, 6.45) is 0. The minimum absolute atomic E-state index is 0.397. The zero-order chi connectivity index (χ0) is 46.0. The van der Waals surface area contributed by atoms with Crippen LogP contribution in [0, 0.1) is 0 Å². The Balaban J connectivity index is 0.908. The highest BCUT2D eigenvalue weighted by atomic mass is 16.5. The zero-order valence-electron chi connectivity index (χ0n) is 38.2. The van der Waals surface area contributed by atoms with E-state index in [1.54, 1.807) is 0 Å². The van der Waals surface area contributed by atoms with Crippen LogP contribution in [0.2, 0.25) is 0 Å². The third-order valence-electron chi connectivity index (χ3n) is 15.8. The smallest absolute Gasteiger partial charge is 0.132 e. The molecule has 0 N–H and O–H groups in total. The summed E-state index contributed by atoms with van der Waals surface area (Å²) in [6, 6.07) is 96.4. The number of hydrogen-bond donors (Lipinski definition) is 0. The van der Waals surface area contributed by atoms with Gasteiger partial charge in [0.1, 0.15) is 11.5 Å². The second kappa shape index (κ2) is 14.8. The first-order valence-corrected chi connectivity index (χ1v) is 24.3. The van der Waals surface area contributed by atoms with Crippen LogP contribution in [0.5, 0.6) is 11.5 Å². The maximum absolute atomic E-state index is 6.70. The number of ether oxygens (including phenoxy) is 1. The summed E-state index contributed by atoms with van der Waals surface area (Å²) in [5.41, 5.74) is 25.0. The van der Waals surface area contributed by atoms with E-state index in [2.05, 4.69) is 266 Å². The monoisotopic (exact) mass is 889 g/mol. The van der Waals surface area contributed by atoms with Crippen molar-refractivity contribution in [3.63, 3.8) is 0 Å². The van der Waals surface area contributed by atoms with E-state index >= 15 is 0 Å². The Labute approximate surface area is 408 Å². The summed E-state index contributed by atoms with van der Waals surface area (Å²) >= 11 is 0. The number of benzene rings is 11. The molecule has 11 aromatic carbocycles. The first-order valence-electron chi connectivity index (χ1n) is 24.3. The third-order valence-corrected chi connectivity index (χ3v) is 15.8. The molecule has 0 bridgehead atoms. The van der Waals surface area contributed by atoms with E-state index in [9.17, 15) is 0 Å². The van der Waals surface area contributed by atoms with Gasteiger partial charge >= 0.3 is 0 Å². The Morgan fingerprint density at radius 2 is 0.600 bits per heavy atom. The summed E-state index contributed by atoms with van der Waals surface area (Å²) in [5.74, 6) is 1.78. The van der Waals surface area contributed by atoms with Crippen LogP contribution in [0.3, 0.4) is 0 Å². The van der Waals surface area contributed by atoms with Crippen molar-refractivity contribution in [3.8, 4) is 67.1 Å². The van der Waals surface area contributed by atoms with Crippen molar-refractivity contribution >= 4 is 17.1 Å². The summed E-state index contributed by atoms with van der Waals surface area (Å²) in [6.45, 7) is 0. The molecule has 2 spiro atoms. The van der Waals surface area contributed by atoms with Gasteiger partial charge in [-0.15, -0.1) is 0 Å². The van der Waals surface area contributed by atoms with E-state index in [0.717, 1.165) is 39.7 Å². The molecule has 15 rings (SSSR count). The van der Waals surface area contributed by atoms with Crippen LogP contribution in [0.1, 0.15) is 44.5 Å². The predicted molar refractivity (Wildman–Crippen MR) is 286 cm³/mol. The van der Waals surface area contributed by atoms with Crippen LogP contribution in [-0.2, 0) is 10.8 Å². The molecule has 0 saturated heterocycles. The molecule has 0 atom stereocenters. The van der Waals surface area contributed by atoms with Crippen LogP contribution >= 0.6 is 0 Å². The number of nitrogens with zero attached hydrogens (tertiary/aromatic N) is 1. The molecule has 70 heavy (non-hydrogen) atoms. The number of fused-ring (bicyclic) bond motifs is 19. The fourth-order valence-corrected chi connectivity index (χ4v) is 13.0. The Kier molecular flexibility index (Phi) is 8.24. The quantitative estimate of drug-likeness (QED) is 0.171. The normalized spacial score (nSPS) is 14.1. The van der Waals surface area contributed by atoms with Gasteiger partial charge in [-0.3, -0.25) is 0 Å². The summed E-state index contributed by atoms with van der Waals surface area (Å²) < 4.78 is 6.70. The molecule has 0 amide bonds. The first-order chi connectivity index (χ1) is 34.7. The van der Waals surface area contributed by atoms with Crippen molar-refractivity contribution in [1.29, 1.82) is 0 Å². The Hall–Kier alpha value is -8.98. The van der Waals surface area contributed by atoms with Crippen LogP contribution in [-0.4, -0.2) is 0 Å². The molecular formula is C68H43NO. The lowest BCUT2D eigenvalue weighted by atomic mass is 9.66. The molecule has 0 saturated carbocycles. The third kappa shape index (κ3) is 5.22. The molecule has 1 aliphatic heterocycles. The minimum atomic E-state index is -0.584. The SMILES string of the molecule is c1ccc(-c2cccc(N(c3ccc(-c4ccc5c(c4)C4(c6ccccc6-c6ccccc64)c4ccccc4-5)cc3)c3ccc4c(c3)C3(c5ccccc5Oc5ccccc53)c3ccccc3-4)c2)cc1. The lowest BCUT2D eigenvalue weighted by Crippen LogP contribution is -2.32. The molecule has 11 aromatic rings. The van der Waals surface area contributed by atoms with Crippen molar-refractivity contribution < 1.29 is 4.74 Å². The maximum Gasteiger partial charge on any atom is 0.132 e. The van der Waals surface area contributed by atoms with Crippen molar-refractivity contribution in [2.24, 2.45) is 0 Å². The van der Waals surface area contributed by atoms with Gasteiger partial charge in [-0.2, -0.15) is 0 Å². The van der Waals surface area contributed by atoms with Crippen molar-refractivity contribution in [2.75, 3.05) is 4.90 Å². The highest BCUT2D eigenvalue weighted by Crippen LogP contribution is 2.64. The zero-order valence-corrected chi connectivity index (χ0v) is 38.2. The maximum atomic E-state index is 6.70. The highest BCUT2D eigenvalue weighted by molar-refractivity contribution is 5.97. The number of rotatable bonds is 5.